The first-order chi connectivity index (χ1) is 8.80. The van der Waals surface area contributed by atoms with E-state index in [4.69, 9.17) is 4.74 Å². The van der Waals surface area contributed by atoms with Crippen LogP contribution in [-0.4, -0.2) is 17.1 Å². The van der Waals surface area contributed by atoms with Crippen LogP contribution in [-0.2, 0) is 10.3 Å². The molecule has 0 aromatic carbocycles. The molecule has 0 saturated heterocycles. The van der Waals surface area contributed by atoms with E-state index in [9.17, 15) is 9.18 Å². The highest BCUT2D eigenvalue weighted by Gasteiger charge is 2.42. The average Bonchev–Trinajstić information content (AvgIpc) is 2.36. The van der Waals surface area contributed by atoms with Crippen LogP contribution in [0, 0.1) is 18.2 Å². The number of nitrogens with one attached hydrogen (secondary N) is 1. The van der Waals surface area contributed by atoms with Gasteiger partial charge in [0.1, 0.15) is 11.4 Å². The van der Waals surface area contributed by atoms with Crippen molar-refractivity contribution in [3.63, 3.8) is 0 Å². The fourth-order valence-electron chi connectivity index (χ4n) is 2.66. The minimum Gasteiger partial charge on any atom is -0.370 e. The third-order valence-electron chi connectivity index (χ3n) is 4.26. The molecule has 4 nitrogen and oxygen atoms in total. The van der Waals surface area contributed by atoms with Crippen molar-refractivity contribution in [1.29, 1.82) is 0 Å². The van der Waals surface area contributed by atoms with E-state index in [2.05, 4.69) is 23.8 Å². The number of halogens is 1. The summed E-state index contributed by atoms with van der Waals surface area (Å²) in [7, 11) is 1.62. The Hall–Kier alpha value is -1.23. The molecular formula is C14H21FN2O2. The Morgan fingerprint density at radius 2 is 1.84 bits per heavy atom. The Morgan fingerprint density at radius 3 is 2.32 bits per heavy atom. The van der Waals surface area contributed by atoms with Crippen molar-refractivity contribution >= 4 is 0 Å². The summed E-state index contributed by atoms with van der Waals surface area (Å²) in [5.74, 6) is -0.361. The minimum absolute atomic E-state index is 0.125. The van der Waals surface area contributed by atoms with E-state index in [1.54, 1.807) is 7.11 Å². The van der Waals surface area contributed by atoms with Gasteiger partial charge in [0.05, 0.1) is 5.69 Å². The molecule has 1 heterocycles. The lowest BCUT2D eigenvalue weighted by atomic mass is 9.70. The summed E-state index contributed by atoms with van der Waals surface area (Å²) in [4.78, 5) is 18.3. The normalized spacial score (nSPS) is 21.3. The summed E-state index contributed by atoms with van der Waals surface area (Å²) < 4.78 is 19.0. The smallest absolute Gasteiger partial charge is 0.287 e. The number of methoxy groups -OCH3 is 1. The van der Waals surface area contributed by atoms with Crippen molar-refractivity contribution < 1.29 is 9.13 Å². The summed E-state index contributed by atoms with van der Waals surface area (Å²) in [5.41, 5.74) is -0.909. The number of hydrogen-bond acceptors (Lipinski definition) is 3. The van der Waals surface area contributed by atoms with Crippen LogP contribution < -0.4 is 5.56 Å². The van der Waals surface area contributed by atoms with E-state index >= 15 is 0 Å². The van der Waals surface area contributed by atoms with Gasteiger partial charge in [-0.25, -0.2) is 4.98 Å². The first kappa shape index (κ1) is 14.2. The molecule has 0 spiro atoms. The Kier molecular flexibility index (Phi) is 3.51. The molecule has 1 N–H and O–H groups in total. The number of aromatic amines is 1. The quantitative estimate of drug-likeness (QED) is 0.897. The van der Waals surface area contributed by atoms with E-state index in [0.717, 1.165) is 25.7 Å². The Bertz CT molecular complexity index is 527. The zero-order valence-electron chi connectivity index (χ0n) is 12.0. The maximum Gasteiger partial charge on any atom is 0.287 e. The molecule has 1 aliphatic carbocycles. The number of nitrogens with zero attached hydrogens (tertiary/aromatic N) is 1. The fraction of sp³-hybridized carbons (Fsp3) is 0.714. The topological polar surface area (TPSA) is 55.0 Å². The second kappa shape index (κ2) is 4.71. The summed E-state index contributed by atoms with van der Waals surface area (Å²) >= 11 is 0. The van der Waals surface area contributed by atoms with Gasteiger partial charge in [-0.1, -0.05) is 13.8 Å². The lowest BCUT2D eigenvalue weighted by Crippen LogP contribution is -2.39. The van der Waals surface area contributed by atoms with Gasteiger partial charge in [0.2, 0.25) is 5.82 Å². The summed E-state index contributed by atoms with van der Waals surface area (Å²) in [6.45, 7) is 5.95. The Balaban J connectivity index is 2.41. The zero-order chi connectivity index (χ0) is 14.3. The predicted octanol–water partition coefficient (Wildman–Crippen LogP) is 2.66. The van der Waals surface area contributed by atoms with E-state index in [1.807, 2.05) is 0 Å². The lowest BCUT2D eigenvalue weighted by Gasteiger charge is -2.41. The Morgan fingerprint density at radius 1 is 1.26 bits per heavy atom. The third-order valence-corrected chi connectivity index (χ3v) is 4.26. The molecule has 106 valence electrons. The lowest BCUT2D eigenvalue weighted by molar-refractivity contribution is -0.0733. The molecule has 1 saturated carbocycles. The second-order valence-corrected chi connectivity index (χ2v) is 6.18. The van der Waals surface area contributed by atoms with E-state index in [1.165, 1.54) is 6.92 Å². The van der Waals surface area contributed by atoms with Crippen molar-refractivity contribution in [2.24, 2.45) is 5.41 Å². The van der Waals surface area contributed by atoms with Gasteiger partial charge in [0, 0.05) is 7.11 Å². The van der Waals surface area contributed by atoms with Crippen molar-refractivity contribution in [3.8, 4) is 0 Å². The number of H-pyrrole nitrogens is 1. The van der Waals surface area contributed by atoms with Crippen molar-refractivity contribution in [2.45, 2.75) is 52.1 Å². The molecule has 0 atom stereocenters. The van der Waals surface area contributed by atoms with Gasteiger partial charge in [-0.15, -0.1) is 0 Å². The molecule has 19 heavy (non-hydrogen) atoms. The first-order valence-corrected chi connectivity index (χ1v) is 6.62. The molecule has 0 aliphatic heterocycles. The molecule has 1 aliphatic rings. The first-order valence-electron chi connectivity index (χ1n) is 6.62. The van der Waals surface area contributed by atoms with Gasteiger partial charge in [0.25, 0.3) is 5.56 Å². The van der Waals surface area contributed by atoms with Gasteiger partial charge in [0.15, 0.2) is 0 Å². The van der Waals surface area contributed by atoms with Gasteiger partial charge in [-0.2, -0.15) is 4.39 Å². The molecule has 2 rings (SSSR count). The molecule has 1 aromatic heterocycles. The number of aromatic nitrogens is 2. The van der Waals surface area contributed by atoms with Gasteiger partial charge in [-0.3, -0.25) is 4.79 Å². The van der Waals surface area contributed by atoms with Gasteiger partial charge in [-0.05, 0) is 38.0 Å². The summed E-state index contributed by atoms with van der Waals surface area (Å²) in [6.07, 6.45) is 3.54. The van der Waals surface area contributed by atoms with Gasteiger partial charge < -0.3 is 9.72 Å². The predicted molar refractivity (Wildman–Crippen MR) is 70.5 cm³/mol. The molecule has 0 bridgehead atoms. The highest BCUT2D eigenvalue weighted by atomic mass is 19.1. The largest absolute Gasteiger partial charge is 0.370 e. The SMILES string of the molecule is COC1(c2nc(C)c(F)c(=O)[nH]2)CCC(C)(C)CC1. The number of aryl methyl sites for hydroxylation is 1. The van der Waals surface area contributed by atoms with Crippen molar-refractivity contribution in [2.75, 3.05) is 7.11 Å². The maximum absolute atomic E-state index is 13.4. The molecule has 0 unspecified atom stereocenters. The molecule has 0 amide bonds. The van der Waals surface area contributed by atoms with Crippen LogP contribution >= 0.6 is 0 Å². The van der Waals surface area contributed by atoms with Crippen molar-refractivity contribution in [3.05, 3.63) is 27.7 Å². The zero-order valence-corrected chi connectivity index (χ0v) is 12.0. The molecule has 0 radical (unpaired) electrons. The van der Waals surface area contributed by atoms with Crippen LogP contribution in [0.2, 0.25) is 0 Å². The number of hydrogen-bond donors (Lipinski definition) is 1. The van der Waals surface area contributed by atoms with Crippen LogP contribution in [0.5, 0.6) is 0 Å². The van der Waals surface area contributed by atoms with Crippen LogP contribution in [0.25, 0.3) is 0 Å². The van der Waals surface area contributed by atoms with E-state index in [0.29, 0.717) is 5.82 Å². The molecule has 1 aromatic rings. The fourth-order valence-corrected chi connectivity index (χ4v) is 2.66. The molecule has 5 heteroatoms. The van der Waals surface area contributed by atoms with E-state index < -0.39 is 17.0 Å². The van der Waals surface area contributed by atoms with Crippen LogP contribution in [0.1, 0.15) is 51.0 Å². The highest BCUT2D eigenvalue weighted by Crippen LogP contribution is 2.45. The third kappa shape index (κ3) is 2.56. The summed E-state index contributed by atoms with van der Waals surface area (Å²) in [6, 6.07) is 0. The van der Waals surface area contributed by atoms with Crippen LogP contribution in [0.4, 0.5) is 4.39 Å². The number of rotatable bonds is 2. The Labute approximate surface area is 112 Å². The highest BCUT2D eigenvalue weighted by molar-refractivity contribution is 5.11. The molecule has 1 fully saturated rings. The maximum atomic E-state index is 13.4. The minimum atomic E-state index is -0.814. The summed E-state index contributed by atoms with van der Waals surface area (Å²) in [5, 5.41) is 0. The van der Waals surface area contributed by atoms with Crippen LogP contribution in [0.15, 0.2) is 4.79 Å². The van der Waals surface area contributed by atoms with Crippen molar-refractivity contribution in [1.82, 2.24) is 9.97 Å². The second-order valence-electron chi connectivity index (χ2n) is 6.18. The standard InChI is InChI=1S/C14H21FN2O2/c1-9-10(15)11(18)17-12(16-9)14(19-4)7-5-13(2,3)6-8-14/h5-8H2,1-4H3,(H,16,17,18). The van der Waals surface area contributed by atoms with Crippen LogP contribution in [0.3, 0.4) is 0 Å². The average molecular weight is 268 g/mol. The van der Waals surface area contributed by atoms with Gasteiger partial charge >= 0.3 is 0 Å². The molecular weight excluding hydrogens is 247 g/mol. The van der Waals surface area contributed by atoms with E-state index in [-0.39, 0.29) is 11.1 Å². The monoisotopic (exact) mass is 268 g/mol. The number of ether oxygens (including phenoxy) is 1.